The van der Waals surface area contributed by atoms with E-state index in [2.05, 4.69) is 230 Å². The van der Waals surface area contributed by atoms with Crippen LogP contribution in [0.4, 0.5) is 34.1 Å². The Kier molecular flexibility index (Phi) is 7.84. The molecule has 58 heavy (non-hydrogen) atoms. The number of hydrogen-bond acceptors (Lipinski definition) is 3. The van der Waals surface area contributed by atoms with Crippen molar-refractivity contribution in [3.05, 3.63) is 217 Å². The number of anilines is 6. The van der Waals surface area contributed by atoms with Crippen molar-refractivity contribution in [1.82, 2.24) is 0 Å². The van der Waals surface area contributed by atoms with Crippen LogP contribution in [0.25, 0.3) is 44.2 Å². The maximum Gasteiger partial charge on any atom is 0.159 e. The maximum absolute atomic E-state index is 7.22. The SMILES string of the molecule is CC1(C)c2ccccc2-c2cc(N(c3ccc(-c4ccccc4)cc3)c3cc4c5c(cccc5c3)-c3cccc(N(c5ccccc5)c5ccccc5)c3O4)ccc21. The summed E-state index contributed by atoms with van der Waals surface area (Å²) in [4.78, 5) is 4.68. The normalized spacial score (nSPS) is 12.9. The van der Waals surface area contributed by atoms with E-state index in [1.807, 2.05) is 0 Å². The molecule has 0 saturated carbocycles. The first-order valence-electron chi connectivity index (χ1n) is 20.0. The molecule has 11 rings (SSSR count). The third-order valence-electron chi connectivity index (χ3n) is 12.0. The van der Waals surface area contributed by atoms with Crippen molar-refractivity contribution in [2.45, 2.75) is 19.3 Å². The molecule has 276 valence electrons. The van der Waals surface area contributed by atoms with Crippen LogP contribution in [0.3, 0.4) is 0 Å². The highest BCUT2D eigenvalue weighted by Crippen LogP contribution is 2.55. The number of fused-ring (bicyclic) bond motifs is 5. The van der Waals surface area contributed by atoms with Gasteiger partial charge in [-0.1, -0.05) is 153 Å². The average molecular weight is 745 g/mol. The van der Waals surface area contributed by atoms with Crippen LogP contribution in [-0.4, -0.2) is 0 Å². The summed E-state index contributed by atoms with van der Waals surface area (Å²) >= 11 is 0. The summed E-state index contributed by atoms with van der Waals surface area (Å²) in [5.41, 5.74) is 16.2. The van der Waals surface area contributed by atoms with E-state index in [9.17, 15) is 0 Å². The van der Waals surface area contributed by atoms with Gasteiger partial charge in [-0.2, -0.15) is 0 Å². The van der Waals surface area contributed by atoms with Crippen LogP contribution in [-0.2, 0) is 5.41 Å². The van der Waals surface area contributed by atoms with Gasteiger partial charge in [-0.3, -0.25) is 0 Å². The highest BCUT2D eigenvalue weighted by Gasteiger charge is 2.36. The van der Waals surface area contributed by atoms with E-state index in [1.54, 1.807) is 0 Å². The van der Waals surface area contributed by atoms with Gasteiger partial charge in [0.2, 0.25) is 0 Å². The van der Waals surface area contributed by atoms with Crippen LogP contribution < -0.4 is 14.5 Å². The molecule has 0 spiro atoms. The zero-order valence-corrected chi connectivity index (χ0v) is 32.4. The van der Waals surface area contributed by atoms with Gasteiger partial charge in [0, 0.05) is 45.2 Å². The predicted molar refractivity (Wildman–Crippen MR) is 242 cm³/mol. The molecule has 0 N–H and O–H groups in total. The first kappa shape index (κ1) is 33.9. The molecular formula is C55H40N2O. The molecule has 9 aromatic carbocycles. The van der Waals surface area contributed by atoms with Gasteiger partial charge in [0.25, 0.3) is 0 Å². The summed E-state index contributed by atoms with van der Waals surface area (Å²) in [5, 5.41) is 2.24. The molecular weight excluding hydrogens is 705 g/mol. The van der Waals surface area contributed by atoms with Crippen molar-refractivity contribution in [1.29, 1.82) is 0 Å². The van der Waals surface area contributed by atoms with E-state index in [0.717, 1.165) is 62.0 Å². The number of ether oxygens (including phenoxy) is 1. The quantitative estimate of drug-likeness (QED) is 0.162. The van der Waals surface area contributed by atoms with Gasteiger partial charge in [-0.15, -0.1) is 0 Å². The summed E-state index contributed by atoms with van der Waals surface area (Å²) in [6.45, 7) is 4.67. The van der Waals surface area contributed by atoms with E-state index in [0.29, 0.717) is 0 Å². The van der Waals surface area contributed by atoms with Crippen molar-refractivity contribution >= 4 is 44.9 Å². The zero-order chi connectivity index (χ0) is 38.8. The minimum atomic E-state index is -0.0809. The van der Waals surface area contributed by atoms with Gasteiger partial charge in [-0.25, -0.2) is 0 Å². The van der Waals surface area contributed by atoms with Crippen molar-refractivity contribution < 1.29 is 4.74 Å². The Balaban J connectivity index is 1.10. The lowest BCUT2D eigenvalue weighted by Crippen LogP contribution is -2.15. The van der Waals surface area contributed by atoms with Crippen molar-refractivity contribution in [3.63, 3.8) is 0 Å². The fourth-order valence-corrected chi connectivity index (χ4v) is 9.25. The Morgan fingerprint density at radius 1 is 0.379 bits per heavy atom. The lowest BCUT2D eigenvalue weighted by molar-refractivity contribution is 0.488. The molecule has 1 aliphatic carbocycles. The number of nitrogens with zero attached hydrogens (tertiary/aromatic N) is 2. The summed E-state index contributed by atoms with van der Waals surface area (Å²) in [7, 11) is 0. The molecule has 2 aliphatic rings. The molecule has 3 heteroatoms. The van der Waals surface area contributed by atoms with Gasteiger partial charge >= 0.3 is 0 Å². The van der Waals surface area contributed by atoms with E-state index < -0.39 is 0 Å². The molecule has 1 heterocycles. The van der Waals surface area contributed by atoms with E-state index in [1.165, 1.54) is 38.9 Å². The Hall–Kier alpha value is -7.36. The van der Waals surface area contributed by atoms with Crippen LogP contribution in [0, 0.1) is 0 Å². The average Bonchev–Trinajstić information content (AvgIpc) is 3.50. The fraction of sp³-hybridized carbons (Fsp3) is 0.0545. The van der Waals surface area contributed by atoms with Crippen LogP contribution in [0.15, 0.2) is 206 Å². The van der Waals surface area contributed by atoms with Gasteiger partial charge in [0.15, 0.2) is 5.75 Å². The summed E-state index contributed by atoms with van der Waals surface area (Å²) < 4.78 is 7.22. The van der Waals surface area contributed by atoms with Crippen LogP contribution >= 0.6 is 0 Å². The van der Waals surface area contributed by atoms with Gasteiger partial charge in [-0.05, 0) is 105 Å². The molecule has 1 aliphatic heterocycles. The minimum Gasteiger partial charge on any atom is -0.454 e. The monoisotopic (exact) mass is 744 g/mol. The van der Waals surface area contributed by atoms with Crippen molar-refractivity contribution in [2.75, 3.05) is 9.80 Å². The summed E-state index contributed by atoms with van der Waals surface area (Å²) in [6.07, 6.45) is 0. The van der Waals surface area contributed by atoms with Crippen LogP contribution in [0.2, 0.25) is 0 Å². The molecule has 0 atom stereocenters. The highest BCUT2D eigenvalue weighted by molar-refractivity contribution is 6.08. The summed E-state index contributed by atoms with van der Waals surface area (Å²) in [6, 6.07) is 74.1. The maximum atomic E-state index is 7.22. The van der Waals surface area contributed by atoms with Gasteiger partial charge < -0.3 is 14.5 Å². The largest absolute Gasteiger partial charge is 0.454 e. The topological polar surface area (TPSA) is 15.7 Å². The smallest absolute Gasteiger partial charge is 0.159 e. The van der Waals surface area contributed by atoms with E-state index >= 15 is 0 Å². The van der Waals surface area contributed by atoms with Gasteiger partial charge in [0.05, 0.1) is 11.4 Å². The molecule has 9 aromatic rings. The second kappa shape index (κ2) is 13.4. The third-order valence-corrected chi connectivity index (χ3v) is 12.0. The standard InChI is InChI=1S/C55H40N2O/c1-55(2)49-26-13-12-23-45(49)48-35-43(32-33-50(48)55)56(42-30-28-38(29-31-42)37-16-6-3-7-17-37)44-34-39-18-14-24-46-47-25-15-27-51(54(47)58-52(36-44)53(39)46)57(40-19-8-4-9-20-40)41-21-10-5-11-22-41/h3-36H,1-2H3. The predicted octanol–water partition coefficient (Wildman–Crippen LogP) is 15.5. The minimum absolute atomic E-state index is 0.0809. The highest BCUT2D eigenvalue weighted by atomic mass is 16.5. The second-order valence-corrected chi connectivity index (χ2v) is 15.8. The third kappa shape index (κ3) is 5.43. The Morgan fingerprint density at radius 3 is 1.69 bits per heavy atom. The number of rotatable bonds is 7. The van der Waals surface area contributed by atoms with E-state index in [-0.39, 0.29) is 5.41 Å². The molecule has 0 amide bonds. The second-order valence-electron chi connectivity index (χ2n) is 15.8. The Labute approximate surface area is 339 Å². The molecule has 0 unspecified atom stereocenters. The number of benzene rings is 9. The molecule has 0 aromatic heterocycles. The van der Waals surface area contributed by atoms with E-state index in [4.69, 9.17) is 4.74 Å². The zero-order valence-electron chi connectivity index (χ0n) is 32.4. The Bertz CT molecular complexity index is 2950. The molecule has 0 radical (unpaired) electrons. The molecule has 0 fully saturated rings. The first-order chi connectivity index (χ1) is 28.5. The lowest BCUT2D eigenvalue weighted by atomic mass is 9.82. The van der Waals surface area contributed by atoms with Crippen molar-refractivity contribution in [3.8, 4) is 44.9 Å². The Morgan fingerprint density at radius 2 is 0.948 bits per heavy atom. The van der Waals surface area contributed by atoms with Crippen LogP contribution in [0.5, 0.6) is 11.5 Å². The first-order valence-corrected chi connectivity index (χ1v) is 20.0. The van der Waals surface area contributed by atoms with Crippen molar-refractivity contribution in [2.24, 2.45) is 0 Å². The number of hydrogen-bond donors (Lipinski definition) is 0. The van der Waals surface area contributed by atoms with Crippen LogP contribution in [0.1, 0.15) is 25.0 Å². The molecule has 0 bridgehead atoms. The number of para-hydroxylation sites is 3. The van der Waals surface area contributed by atoms with Gasteiger partial charge in [0.1, 0.15) is 5.75 Å². The fourth-order valence-electron chi connectivity index (χ4n) is 9.25. The summed E-state index contributed by atoms with van der Waals surface area (Å²) in [5.74, 6) is 1.67. The lowest BCUT2D eigenvalue weighted by Gasteiger charge is -2.32. The molecule has 3 nitrogen and oxygen atoms in total. The molecule has 0 saturated heterocycles.